The minimum atomic E-state index is -0.630. The van der Waals surface area contributed by atoms with Gasteiger partial charge < -0.3 is 20.1 Å². The van der Waals surface area contributed by atoms with Gasteiger partial charge in [-0.1, -0.05) is 42.5 Å². The summed E-state index contributed by atoms with van der Waals surface area (Å²) < 4.78 is 5.23. The summed E-state index contributed by atoms with van der Waals surface area (Å²) in [7, 11) is 1.52. The van der Waals surface area contributed by atoms with E-state index in [1.54, 1.807) is 24.3 Å². The lowest BCUT2D eigenvalue weighted by atomic mass is 9.76. The standard InChI is InChI=1S/C19H19N3O3/c1-25-17-10-6-5-9-14(17)21-19(24)22-15(11-20)18(16(22)12-23)13-7-3-2-4-8-13/h2-10,15-16,18,23H,12H2,1H3,(H,21,24)/t15-,16+,18-/m0/s1. The molecule has 0 aliphatic carbocycles. The summed E-state index contributed by atoms with van der Waals surface area (Å²) in [4.78, 5) is 14.1. The van der Waals surface area contributed by atoms with Crippen LogP contribution < -0.4 is 10.1 Å². The molecule has 3 rings (SSSR count). The molecular formula is C19H19N3O3. The fraction of sp³-hybridized carbons (Fsp3) is 0.263. The molecule has 0 saturated carbocycles. The van der Waals surface area contributed by atoms with Crippen molar-refractivity contribution in [1.29, 1.82) is 5.26 Å². The molecular weight excluding hydrogens is 318 g/mol. The van der Waals surface area contributed by atoms with E-state index < -0.39 is 18.1 Å². The van der Waals surface area contributed by atoms with Crippen LogP contribution in [0.5, 0.6) is 5.75 Å². The second-order valence-corrected chi connectivity index (χ2v) is 5.80. The Morgan fingerprint density at radius 1 is 1.24 bits per heavy atom. The molecule has 2 N–H and O–H groups in total. The monoisotopic (exact) mass is 337 g/mol. The summed E-state index contributed by atoms with van der Waals surface area (Å²) in [6.07, 6.45) is 0. The number of aliphatic hydroxyl groups is 1. The summed E-state index contributed by atoms with van der Waals surface area (Å²) in [6, 6.07) is 17.2. The van der Waals surface area contributed by atoms with Crippen molar-refractivity contribution in [1.82, 2.24) is 4.90 Å². The van der Waals surface area contributed by atoms with Crippen molar-refractivity contribution in [3.8, 4) is 11.8 Å². The molecule has 25 heavy (non-hydrogen) atoms. The van der Waals surface area contributed by atoms with E-state index in [-0.39, 0.29) is 12.5 Å². The van der Waals surface area contributed by atoms with Crippen molar-refractivity contribution < 1.29 is 14.6 Å². The molecule has 0 radical (unpaired) electrons. The number of para-hydroxylation sites is 2. The lowest BCUT2D eigenvalue weighted by Crippen LogP contribution is -2.66. The number of anilines is 1. The maximum absolute atomic E-state index is 12.7. The van der Waals surface area contributed by atoms with Crippen molar-refractivity contribution in [2.45, 2.75) is 18.0 Å². The van der Waals surface area contributed by atoms with Crippen molar-refractivity contribution in [2.75, 3.05) is 19.0 Å². The number of likely N-dealkylation sites (tertiary alicyclic amines) is 1. The first kappa shape index (κ1) is 16.8. The molecule has 6 heteroatoms. The summed E-state index contributed by atoms with van der Waals surface area (Å²) in [6.45, 7) is -0.211. The zero-order chi connectivity index (χ0) is 17.8. The maximum Gasteiger partial charge on any atom is 0.323 e. The molecule has 3 atom stereocenters. The molecule has 2 aromatic rings. The Balaban J connectivity index is 1.82. The third kappa shape index (κ3) is 3.02. The fourth-order valence-corrected chi connectivity index (χ4v) is 3.29. The topological polar surface area (TPSA) is 85.6 Å². The Morgan fingerprint density at radius 2 is 1.92 bits per heavy atom. The molecule has 0 unspecified atom stereocenters. The van der Waals surface area contributed by atoms with Gasteiger partial charge in [0.2, 0.25) is 0 Å². The van der Waals surface area contributed by atoms with Crippen LogP contribution >= 0.6 is 0 Å². The highest BCUT2D eigenvalue weighted by atomic mass is 16.5. The van der Waals surface area contributed by atoms with Gasteiger partial charge in [-0.25, -0.2) is 4.79 Å². The van der Waals surface area contributed by atoms with Gasteiger partial charge in [0.05, 0.1) is 31.5 Å². The highest BCUT2D eigenvalue weighted by Gasteiger charge is 2.51. The SMILES string of the molecule is COc1ccccc1NC(=O)N1[C@H](CO)[C@@H](c2ccccc2)[C@@H]1C#N. The lowest BCUT2D eigenvalue weighted by molar-refractivity contribution is 0.0223. The first-order valence-corrected chi connectivity index (χ1v) is 7.99. The predicted molar refractivity (Wildman–Crippen MR) is 93.3 cm³/mol. The van der Waals surface area contributed by atoms with Gasteiger partial charge >= 0.3 is 6.03 Å². The van der Waals surface area contributed by atoms with Gasteiger partial charge in [-0.3, -0.25) is 0 Å². The van der Waals surface area contributed by atoms with Crippen molar-refractivity contribution in [3.05, 3.63) is 60.2 Å². The number of ether oxygens (including phenoxy) is 1. The van der Waals surface area contributed by atoms with E-state index in [2.05, 4.69) is 11.4 Å². The van der Waals surface area contributed by atoms with Gasteiger partial charge in [-0.2, -0.15) is 5.26 Å². The molecule has 2 amide bonds. The first-order valence-electron chi connectivity index (χ1n) is 7.99. The molecule has 0 aromatic heterocycles. The van der Waals surface area contributed by atoms with Crippen molar-refractivity contribution in [2.24, 2.45) is 0 Å². The van der Waals surface area contributed by atoms with Crippen molar-refractivity contribution >= 4 is 11.7 Å². The lowest BCUT2D eigenvalue weighted by Gasteiger charge is -2.51. The third-order valence-corrected chi connectivity index (χ3v) is 4.50. The number of rotatable bonds is 4. The molecule has 2 aromatic carbocycles. The van der Waals surface area contributed by atoms with Crippen LogP contribution in [0.2, 0.25) is 0 Å². The quantitative estimate of drug-likeness (QED) is 0.898. The average Bonchev–Trinajstić information content (AvgIpc) is 2.63. The first-order chi connectivity index (χ1) is 12.2. The van der Waals surface area contributed by atoms with Crippen LogP contribution in [0.4, 0.5) is 10.5 Å². The number of amides is 2. The Hall–Kier alpha value is -3.04. The van der Waals surface area contributed by atoms with E-state index in [9.17, 15) is 15.2 Å². The number of nitriles is 1. The number of benzene rings is 2. The largest absolute Gasteiger partial charge is 0.495 e. The number of nitrogens with zero attached hydrogens (tertiary/aromatic N) is 2. The second kappa shape index (κ2) is 7.24. The summed E-state index contributed by atoms with van der Waals surface area (Å²) in [5.41, 5.74) is 1.46. The zero-order valence-corrected chi connectivity index (χ0v) is 13.8. The maximum atomic E-state index is 12.7. The zero-order valence-electron chi connectivity index (χ0n) is 13.8. The molecule has 1 fully saturated rings. The molecule has 128 valence electrons. The van der Waals surface area contributed by atoms with Gasteiger partial charge in [0.1, 0.15) is 11.8 Å². The van der Waals surface area contributed by atoms with Crippen molar-refractivity contribution in [3.63, 3.8) is 0 Å². The average molecular weight is 337 g/mol. The van der Waals surface area contributed by atoms with E-state index in [0.29, 0.717) is 11.4 Å². The number of hydrogen-bond acceptors (Lipinski definition) is 4. The Kier molecular flexibility index (Phi) is 4.87. The second-order valence-electron chi connectivity index (χ2n) is 5.80. The number of carbonyl (C=O) groups is 1. The Bertz CT molecular complexity index is 788. The molecule has 1 heterocycles. The van der Waals surface area contributed by atoms with Crippen LogP contribution in [0.15, 0.2) is 54.6 Å². The van der Waals surface area contributed by atoms with Crippen LogP contribution in [0.3, 0.4) is 0 Å². The number of carbonyl (C=O) groups excluding carboxylic acids is 1. The fourth-order valence-electron chi connectivity index (χ4n) is 3.29. The van der Waals surface area contributed by atoms with Gasteiger partial charge in [0, 0.05) is 5.92 Å². The van der Waals surface area contributed by atoms with E-state index in [1.165, 1.54) is 12.0 Å². The number of methoxy groups -OCH3 is 1. The van der Waals surface area contributed by atoms with Crippen LogP contribution in [-0.4, -0.2) is 41.8 Å². The van der Waals surface area contributed by atoms with Crippen LogP contribution in [0.25, 0.3) is 0 Å². The number of hydrogen-bond donors (Lipinski definition) is 2. The van der Waals surface area contributed by atoms with Gasteiger partial charge in [0.15, 0.2) is 0 Å². The Labute approximate surface area is 146 Å². The van der Waals surface area contributed by atoms with Crippen LogP contribution in [-0.2, 0) is 0 Å². The Morgan fingerprint density at radius 3 is 2.56 bits per heavy atom. The molecule has 0 spiro atoms. The molecule has 1 aliphatic rings. The smallest absolute Gasteiger partial charge is 0.323 e. The van der Waals surface area contributed by atoms with Crippen LogP contribution in [0, 0.1) is 11.3 Å². The third-order valence-electron chi connectivity index (χ3n) is 4.50. The summed E-state index contributed by atoms with van der Waals surface area (Å²) in [5.74, 6) is 0.324. The number of nitrogens with one attached hydrogen (secondary N) is 1. The number of aliphatic hydroxyl groups excluding tert-OH is 1. The van der Waals surface area contributed by atoms with Crippen LogP contribution in [0.1, 0.15) is 11.5 Å². The van der Waals surface area contributed by atoms with E-state index in [0.717, 1.165) is 5.56 Å². The van der Waals surface area contributed by atoms with E-state index in [4.69, 9.17) is 4.74 Å². The molecule has 1 aliphatic heterocycles. The van der Waals surface area contributed by atoms with Gasteiger partial charge in [-0.15, -0.1) is 0 Å². The highest BCUT2D eigenvalue weighted by Crippen LogP contribution is 2.40. The highest BCUT2D eigenvalue weighted by molar-refractivity contribution is 5.92. The molecule has 6 nitrogen and oxygen atoms in total. The summed E-state index contributed by atoms with van der Waals surface area (Å²) in [5, 5.41) is 22.1. The van der Waals surface area contributed by atoms with Gasteiger partial charge in [-0.05, 0) is 17.7 Å². The molecule has 1 saturated heterocycles. The van der Waals surface area contributed by atoms with E-state index >= 15 is 0 Å². The number of urea groups is 1. The predicted octanol–water partition coefficient (Wildman–Crippen LogP) is 2.58. The normalized spacial score (nSPS) is 21.8. The van der Waals surface area contributed by atoms with E-state index in [1.807, 2.05) is 30.3 Å². The molecule has 0 bridgehead atoms. The summed E-state index contributed by atoms with van der Waals surface area (Å²) >= 11 is 0. The minimum Gasteiger partial charge on any atom is -0.495 e. The van der Waals surface area contributed by atoms with Gasteiger partial charge in [0.25, 0.3) is 0 Å². The minimum absolute atomic E-state index is 0.209.